The third-order valence-corrected chi connectivity index (χ3v) is 14.8. The second-order valence-electron chi connectivity index (χ2n) is 18.0. The van der Waals surface area contributed by atoms with Gasteiger partial charge in [0, 0.05) is 53.3 Å². The Kier molecular flexibility index (Phi) is 13.0. The number of Topliss-reactive ketones (excluding diaryl/α,β-unsaturated/α-hetero) is 2. The Morgan fingerprint density at radius 1 is 1.02 bits per heavy atom. The van der Waals surface area contributed by atoms with Crippen LogP contribution in [0.4, 0.5) is 5.69 Å². The fourth-order valence-corrected chi connectivity index (χ4v) is 11.4. The molecular formula is C47H56BrN3O10. The van der Waals surface area contributed by atoms with E-state index in [2.05, 4.69) is 38.8 Å². The van der Waals surface area contributed by atoms with Crippen molar-refractivity contribution >= 4 is 56.7 Å². The molecule has 4 fully saturated rings. The van der Waals surface area contributed by atoms with Crippen LogP contribution in [0.5, 0.6) is 0 Å². The van der Waals surface area contributed by atoms with Crippen molar-refractivity contribution in [3.8, 4) is 0 Å². The van der Waals surface area contributed by atoms with Gasteiger partial charge >= 0.3 is 0 Å². The van der Waals surface area contributed by atoms with Crippen LogP contribution in [0.3, 0.4) is 0 Å². The van der Waals surface area contributed by atoms with Gasteiger partial charge in [-0.2, -0.15) is 0 Å². The summed E-state index contributed by atoms with van der Waals surface area (Å²) < 4.78 is 13.4. The Balaban J connectivity index is 0.963. The molecule has 1 saturated heterocycles. The number of aliphatic hydroxyl groups excluding tert-OH is 2. The van der Waals surface area contributed by atoms with E-state index in [1.54, 1.807) is 32.1 Å². The first kappa shape index (κ1) is 44.7. The fraction of sp³-hybridized carbons (Fsp3) is 0.532. The van der Waals surface area contributed by atoms with E-state index in [0.29, 0.717) is 24.9 Å². The van der Waals surface area contributed by atoms with Crippen molar-refractivity contribution in [3.05, 3.63) is 89.0 Å². The Bertz CT molecular complexity index is 2140. The van der Waals surface area contributed by atoms with Crippen LogP contribution < -0.4 is 16.0 Å². The summed E-state index contributed by atoms with van der Waals surface area (Å²) in [4.78, 5) is 75.6. The number of benzene rings is 2. The number of ether oxygens (including phenoxy) is 2. The Morgan fingerprint density at radius 2 is 1.77 bits per heavy atom. The number of ketones is 3. The molecule has 5 N–H and O–H groups in total. The van der Waals surface area contributed by atoms with Crippen LogP contribution in [0, 0.1) is 34.5 Å². The summed E-state index contributed by atoms with van der Waals surface area (Å²) in [6.45, 7) is 6.81. The number of carbonyl (C=O) groups is 6. The van der Waals surface area contributed by atoms with Crippen LogP contribution >= 0.6 is 15.9 Å². The van der Waals surface area contributed by atoms with E-state index in [1.165, 1.54) is 0 Å². The van der Waals surface area contributed by atoms with Crippen LogP contribution in [-0.4, -0.2) is 87.6 Å². The van der Waals surface area contributed by atoms with Crippen LogP contribution in [0.1, 0.15) is 89.2 Å². The highest BCUT2D eigenvalue weighted by molar-refractivity contribution is 9.09. The molecule has 2 aromatic carbocycles. The second kappa shape index (κ2) is 17.8. The first-order valence-corrected chi connectivity index (χ1v) is 22.4. The van der Waals surface area contributed by atoms with Crippen LogP contribution in [-0.2, 0) is 44.7 Å². The predicted molar refractivity (Wildman–Crippen MR) is 229 cm³/mol. The maximum Gasteiger partial charge on any atom is 0.230 e. The summed E-state index contributed by atoms with van der Waals surface area (Å²) in [5.74, 6) is -2.38. The van der Waals surface area contributed by atoms with E-state index < -0.39 is 59.3 Å². The van der Waals surface area contributed by atoms with Crippen LogP contribution in [0.25, 0.3) is 0 Å². The summed E-state index contributed by atoms with van der Waals surface area (Å²) >= 11 is 3.04. The third-order valence-electron chi connectivity index (χ3n) is 14.3. The fourth-order valence-electron chi connectivity index (χ4n) is 11.2. The summed E-state index contributed by atoms with van der Waals surface area (Å²) in [7, 11) is 0. The molecule has 13 nitrogen and oxygen atoms in total. The zero-order valence-corrected chi connectivity index (χ0v) is 36.7. The van der Waals surface area contributed by atoms with Gasteiger partial charge in [0.2, 0.25) is 17.7 Å². The van der Waals surface area contributed by atoms with E-state index in [4.69, 9.17) is 9.47 Å². The van der Waals surface area contributed by atoms with E-state index in [1.807, 2.05) is 55.5 Å². The number of amides is 3. The maximum absolute atomic E-state index is 13.9. The van der Waals surface area contributed by atoms with Crippen molar-refractivity contribution in [3.63, 3.8) is 0 Å². The molecule has 5 aliphatic rings. The van der Waals surface area contributed by atoms with Crippen molar-refractivity contribution in [2.24, 2.45) is 34.5 Å². The zero-order chi connectivity index (χ0) is 43.9. The number of carbonyl (C=O) groups excluding carboxylic acids is 6. The molecule has 3 amide bonds. The van der Waals surface area contributed by atoms with Gasteiger partial charge in [-0.15, -0.1) is 0 Å². The molecule has 0 unspecified atom stereocenters. The topological polar surface area (TPSA) is 197 Å². The van der Waals surface area contributed by atoms with Gasteiger partial charge in [-0.3, -0.25) is 28.8 Å². The van der Waals surface area contributed by atoms with Gasteiger partial charge in [-0.05, 0) is 86.3 Å². The molecule has 326 valence electrons. The molecule has 61 heavy (non-hydrogen) atoms. The minimum atomic E-state index is -1.44. The Hall–Kier alpha value is -4.34. The Labute approximate surface area is 364 Å². The largest absolute Gasteiger partial charge is 0.393 e. The summed E-state index contributed by atoms with van der Waals surface area (Å²) in [5, 5.41) is 30.5. The molecule has 2 aromatic rings. The SMILES string of the molecule is C[C@H](CC(=O)[C@H](C)NC(=O)CCNC(=O)CBr)C(=O)Nc1cccc(Cc2ccc([C@@H]3O[C@@H]4C[C@H]5[C@@H]6CCC7=CC(=O)C=C[C@]7(C)[C@H]6[C@@H](O)C[C@]5(C)[C@]4(C(=O)CO)O3)cc2)c1. The van der Waals surface area contributed by atoms with E-state index >= 15 is 0 Å². The van der Waals surface area contributed by atoms with Gasteiger partial charge in [0.05, 0.1) is 23.6 Å². The number of fused-ring (bicyclic) bond motifs is 7. The van der Waals surface area contributed by atoms with Crippen molar-refractivity contribution < 1.29 is 48.5 Å². The maximum atomic E-state index is 13.9. The molecule has 4 aliphatic carbocycles. The lowest BCUT2D eigenvalue weighted by Gasteiger charge is -2.59. The standard InChI is InChI=1S/C47H56BrN3O10/c1-26(18-36(54)27(2)50-40(57)15-17-49-41(58)24-48)43(59)51-32-7-5-6-29(20-32)19-28-8-10-30(11-9-28)44-60-39-22-35-34-13-12-31-21-33(53)14-16-45(31,3)42(34)37(55)23-46(35,4)47(39,61-44)38(56)25-52/h5-11,14,16,20-21,26-27,34-35,37,39,42,44,52,55H,12-13,15,17-19,22-25H2,1-4H3,(H,49,58)(H,50,57)(H,51,59)/t26-,27+,34+,35+,37+,39-,42-,44-,45+,46+,47-/m1/s1. The highest BCUT2D eigenvalue weighted by Gasteiger charge is 2.75. The van der Waals surface area contributed by atoms with Crippen molar-refractivity contribution in [2.75, 3.05) is 23.8 Å². The van der Waals surface area contributed by atoms with Gasteiger partial charge in [-0.1, -0.05) is 84.7 Å². The van der Waals surface area contributed by atoms with Crippen LogP contribution in [0.15, 0.2) is 72.3 Å². The number of hydrogen-bond acceptors (Lipinski definition) is 10. The quantitative estimate of drug-likeness (QED) is 0.155. The average Bonchev–Trinajstić information content (AvgIpc) is 3.73. The third kappa shape index (κ3) is 8.46. The molecule has 0 spiro atoms. The normalized spacial score (nSPS) is 32.0. The monoisotopic (exact) mass is 901 g/mol. The van der Waals surface area contributed by atoms with E-state index in [0.717, 1.165) is 35.1 Å². The molecule has 7 rings (SSSR count). The van der Waals surface area contributed by atoms with Crippen molar-refractivity contribution in [2.45, 2.75) is 103 Å². The van der Waals surface area contributed by atoms with Crippen molar-refractivity contribution in [1.29, 1.82) is 0 Å². The minimum Gasteiger partial charge on any atom is -0.393 e. The number of rotatable bonds is 15. The average molecular weight is 903 g/mol. The van der Waals surface area contributed by atoms with Crippen LogP contribution in [0.2, 0.25) is 0 Å². The zero-order valence-electron chi connectivity index (χ0n) is 35.1. The van der Waals surface area contributed by atoms with E-state index in [-0.39, 0.29) is 71.8 Å². The summed E-state index contributed by atoms with van der Waals surface area (Å²) in [6.07, 6.45) is 5.98. The first-order valence-electron chi connectivity index (χ1n) is 21.3. The number of hydrogen-bond donors (Lipinski definition) is 5. The number of anilines is 1. The molecule has 11 atom stereocenters. The lowest BCUT2D eigenvalue weighted by atomic mass is 9.46. The molecule has 1 aliphatic heterocycles. The lowest BCUT2D eigenvalue weighted by molar-refractivity contribution is -0.201. The molecular weight excluding hydrogens is 846 g/mol. The molecule has 0 aromatic heterocycles. The minimum absolute atomic E-state index is 0.000661. The predicted octanol–water partition coefficient (Wildman–Crippen LogP) is 4.82. The number of halogens is 1. The number of alkyl halides is 1. The molecule has 3 saturated carbocycles. The lowest BCUT2D eigenvalue weighted by Crippen LogP contribution is -2.63. The molecule has 14 heteroatoms. The first-order chi connectivity index (χ1) is 29.0. The summed E-state index contributed by atoms with van der Waals surface area (Å²) in [5.41, 5.74) is 1.60. The number of nitrogens with one attached hydrogen (secondary N) is 3. The van der Waals surface area contributed by atoms with Gasteiger partial charge in [-0.25, -0.2) is 0 Å². The highest BCUT2D eigenvalue weighted by atomic mass is 79.9. The van der Waals surface area contributed by atoms with Gasteiger partial charge in [0.15, 0.2) is 29.2 Å². The summed E-state index contributed by atoms with van der Waals surface area (Å²) in [6, 6.07) is 14.4. The van der Waals surface area contributed by atoms with Gasteiger partial charge < -0.3 is 35.6 Å². The Morgan fingerprint density at radius 3 is 2.49 bits per heavy atom. The number of allylic oxidation sites excluding steroid dienone is 4. The smallest absolute Gasteiger partial charge is 0.230 e. The highest BCUT2D eigenvalue weighted by Crippen LogP contribution is 2.70. The number of aliphatic hydroxyl groups is 2. The molecule has 0 radical (unpaired) electrons. The van der Waals surface area contributed by atoms with Gasteiger partial charge in [0.1, 0.15) is 6.61 Å². The molecule has 0 bridgehead atoms. The van der Waals surface area contributed by atoms with Gasteiger partial charge in [0.25, 0.3) is 0 Å². The van der Waals surface area contributed by atoms with Crippen molar-refractivity contribution in [1.82, 2.24) is 10.6 Å². The molecule has 1 heterocycles. The second-order valence-corrected chi connectivity index (χ2v) is 18.6. The van der Waals surface area contributed by atoms with E-state index in [9.17, 15) is 39.0 Å².